The second-order valence-corrected chi connectivity index (χ2v) is 8.82. The molecule has 3 aromatic rings. The van der Waals surface area contributed by atoms with E-state index < -0.39 is 0 Å². The zero-order chi connectivity index (χ0) is 23.1. The summed E-state index contributed by atoms with van der Waals surface area (Å²) in [5.74, 6) is 0.448. The smallest absolute Gasteiger partial charge is 0.258 e. The van der Waals surface area contributed by atoms with Crippen molar-refractivity contribution in [1.82, 2.24) is 14.9 Å². The number of thioether (sulfide) groups is 1. The number of nitrogens with one attached hydrogen (secondary N) is 2. The second-order valence-electron chi connectivity index (χ2n) is 7.40. The second kappa shape index (κ2) is 11.2. The van der Waals surface area contributed by atoms with Crippen molar-refractivity contribution in [2.75, 3.05) is 23.4 Å². The number of halogens is 1. The summed E-state index contributed by atoms with van der Waals surface area (Å²) < 4.78 is 0. The van der Waals surface area contributed by atoms with E-state index in [1.165, 1.54) is 11.8 Å². The van der Waals surface area contributed by atoms with E-state index in [1.54, 1.807) is 23.1 Å². The maximum Gasteiger partial charge on any atom is 0.258 e. The number of hydrogen-bond acceptors (Lipinski definition) is 5. The van der Waals surface area contributed by atoms with Crippen molar-refractivity contribution in [1.29, 1.82) is 0 Å². The number of carbonyl (C=O) groups is 2. The van der Waals surface area contributed by atoms with Crippen LogP contribution in [0, 0.1) is 6.92 Å². The van der Waals surface area contributed by atoms with Crippen LogP contribution in [0.25, 0.3) is 10.9 Å². The van der Waals surface area contributed by atoms with Crippen LogP contribution in [0.5, 0.6) is 0 Å². The van der Waals surface area contributed by atoms with Gasteiger partial charge in [0.15, 0.2) is 0 Å². The maximum atomic E-state index is 12.8. The number of carbonyl (C=O) groups excluding carboxylic acids is 2. The molecule has 0 atom stereocenters. The van der Waals surface area contributed by atoms with Gasteiger partial charge in [-0.15, -0.1) is 11.8 Å². The van der Waals surface area contributed by atoms with E-state index in [9.17, 15) is 14.4 Å². The quantitative estimate of drug-likeness (QED) is 0.491. The Kier molecular flexibility index (Phi) is 8.30. The Morgan fingerprint density at radius 3 is 2.75 bits per heavy atom. The minimum Gasteiger partial charge on any atom is -0.335 e. The lowest BCUT2D eigenvalue weighted by Crippen LogP contribution is -2.34. The Morgan fingerprint density at radius 1 is 1.19 bits per heavy atom. The van der Waals surface area contributed by atoms with Gasteiger partial charge in [0.25, 0.3) is 5.56 Å². The van der Waals surface area contributed by atoms with Crippen molar-refractivity contribution in [2.45, 2.75) is 26.8 Å². The largest absolute Gasteiger partial charge is 0.335 e. The summed E-state index contributed by atoms with van der Waals surface area (Å²) in [5, 5.41) is 3.77. The van der Waals surface area contributed by atoms with E-state index in [0.717, 1.165) is 17.7 Å². The molecule has 2 N–H and O–H groups in total. The van der Waals surface area contributed by atoms with Crippen LogP contribution < -0.4 is 10.9 Å². The summed E-state index contributed by atoms with van der Waals surface area (Å²) >= 11 is 7.27. The Morgan fingerprint density at radius 2 is 2.00 bits per heavy atom. The molecule has 0 spiro atoms. The van der Waals surface area contributed by atoms with Gasteiger partial charge < -0.3 is 15.2 Å². The number of fused-ring (bicyclic) bond motifs is 1. The number of hydrogen-bond donors (Lipinski definition) is 2. The highest BCUT2D eigenvalue weighted by Crippen LogP contribution is 2.16. The average molecular weight is 473 g/mol. The fraction of sp³-hybridized carbons (Fsp3) is 0.304. The molecule has 2 aromatic carbocycles. The Labute approximate surface area is 195 Å². The number of H-pyrrole nitrogens is 1. The first kappa shape index (κ1) is 23.8. The minimum atomic E-state index is -0.271. The number of nitrogens with zero attached hydrogens (tertiary/aromatic N) is 2. The number of anilines is 1. The zero-order valence-electron chi connectivity index (χ0n) is 18.0. The molecular formula is C23H25ClN4O3S. The monoisotopic (exact) mass is 472 g/mol. The summed E-state index contributed by atoms with van der Waals surface area (Å²) in [7, 11) is 0. The number of rotatable bonds is 9. The van der Waals surface area contributed by atoms with Gasteiger partial charge in [0.05, 0.1) is 29.0 Å². The molecule has 1 heterocycles. The van der Waals surface area contributed by atoms with E-state index in [1.807, 2.05) is 38.1 Å². The van der Waals surface area contributed by atoms with E-state index in [-0.39, 0.29) is 35.4 Å². The van der Waals surface area contributed by atoms with Gasteiger partial charge in [-0.05, 0) is 49.2 Å². The third kappa shape index (κ3) is 6.58. The number of aryl methyl sites for hydroxylation is 1. The molecule has 2 amide bonds. The van der Waals surface area contributed by atoms with Gasteiger partial charge in [0.2, 0.25) is 11.8 Å². The molecule has 0 unspecified atom stereocenters. The number of amides is 2. The number of aromatic nitrogens is 2. The van der Waals surface area contributed by atoms with E-state index >= 15 is 0 Å². The van der Waals surface area contributed by atoms with E-state index in [0.29, 0.717) is 28.3 Å². The summed E-state index contributed by atoms with van der Waals surface area (Å²) in [4.78, 5) is 46.1. The average Bonchev–Trinajstić information content (AvgIpc) is 2.73. The van der Waals surface area contributed by atoms with Crippen LogP contribution in [0.3, 0.4) is 0 Å². The summed E-state index contributed by atoms with van der Waals surface area (Å²) in [6, 6.07) is 12.4. The molecule has 0 saturated heterocycles. The van der Waals surface area contributed by atoms with Gasteiger partial charge in [0, 0.05) is 17.3 Å². The Bertz CT molecular complexity index is 1180. The number of benzene rings is 2. The van der Waals surface area contributed by atoms with Gasteiger partial charge in [-0.25, -0.2) is 4.98 Å². The van der Waals surface area contributed by atoms with Crippen LogP contribution in [0.2, 0.25) is 5.02 Å². The van der Waals surface area contributed by atoms with Crippen LogP contribution in [0.4, 0.5) is 5.69 Å². The molecule has 0 saturated carbocycles. The van der Waals surface area contributed by atoms with Crippen molar-refractivity contribution in [2.24, 2.45) is 0 Å². The highest BCUT2D eigenvalue weighted by atomic mass is 35.5. The van der Waals surface area contributed by atoms with Gasteiger partial charge >= 0.3 is 0 Å². The lowest BCUT2D eigenvalue weighted by molar-refractivity contribution is -0.129. The molecule has 0 aliphatic rings. The first-order chi connectivity index (χ1) is 15.4. The molecule has 0 radical (unpaired) electrons. The molecule has 0 bridgehead atoms. The van der Waals surface area contributed by atoms with Crippen molar-refractivity contribution < 1.29 is 9.59 Å². The standard InChI is InChI=1S/C23H25ClN4O3S/c1-3-9-28(12-20-26-19-11-16(24)7-8-18(19)23(31)27-20)22(30)14-32-13-21(29)25-17-6-4-5-15(2)10-17/h4-8,10-11H,3,9,12-14H2,1-2H3,(H,25,29)(H,26,27,31). The molecule has 0 aliphatic carbocycles. The topological polar surface area (TPSA) is 95.2 Å². The predicted octanol–water partition coefficient (Wildman–Crippen LogP) is 4.00. The zero-order valence-corrected chi connectivity index (χ0v) is 19.6. The third-order valence-corrected chi connectivity index (χ3v) is 5.82. The predicted molar refractivity (Wildman–Crippen MR) is 130 cm³/mol. The molecule has 7 nitrogen and oxygen atoms in total. The van der Waals surface area contributed by atoms with Crippen molar-refractivity contribution in [3.05, 3.63) is 69.2 Å². The lowest BCUT2D eigenvalue weighted by atomic mass is 10.2. The highest BCUT2D eigenvalue weighted by Gasteiger charge is 2.16. The molecular weight excluding hydrogens is 448 g/mol. The molecule has 1 aromatic heterocycles. The molecule has 3 rings (SSSR count). The maximum absolute atomic E-state index is 12.8. The summed E-state index contributed by atoms with van der Waals surface area (Å²) in [6.07, 6.45) is 0.758. The molecule has 0 fully saturated rings. The van der Waals surface area contributed by atoms with Crippen LogP contribution >= 0.6 is 23.4 Å². The summed E-state index contributed by atoms with van der Waals surface area (Å²) in [6.45, 7) is 4.63. The SMILES string of the molecule is CCCN(Cc1nc2cc(Cl)ccc2c(=O)[nH]1)C(=O)CSCC(=O)Nc1cccc(C)c1. The summed E-state index contributed by atoms with van der Waals surface area (Å²) in [5.41, 5.74) is 2.01. The first-order valence-electron chi connectivity index (χ1n) is 10.3. The van der Waals surface area contributed by atoms with Crippen molar-refractivity contribution in [3.8, 4) is 0 Å². The van der Waals surface area contributed by atoms with Gasteiger partial charge in [-0.2, -0.15) is 0 Å². The van der Waals surface area contributed by atoms with Crippen LogP contribution in [0.1, 0.15) is 24.7 Å². The molecule has 32 heavy (non-hydrogen) atoms. The van der Waals surface area contributed by atoms with Crippen molar-refractivity contribution in [3.63, 3.8) is 0 Å². The van der Waals surface area contributed by atoms with Crippen LogP contribution in [-0.4, -0.2) is 44.7 Å². The van der Waals surface area contributed by atoms with Crippen molar-refractivity contribution >= 4 is 51.8 Å². The Balaban J connectivity index is 1.59. The number of aromatic amines is 1. The fourth-order valence-electron chi connectivity index (χ4n) is 3.22. The molecule has 168 valence electrons. The Hall–Kier alpha value is -2.84. The van der Waals surface area contributed by atoms with E-state index in [2.05, 4.69) is 15.3 Å². The normalized spacial score (nSPS) is 10.8. The fourth-order valence-corrected chi connectivity index (χ4v) is 4.10. The third-order valence-electron chi connectivity index (χ3n) is 4.67. The van der Waals surface area contributed by atoms with Gasteiger partial charge in [0.1, 0.15) is 5.82 Å². The van der Waals surface area contributed by atoms with E-state index in [4.69, 9.17) is 11.6 Å². The lowest BCUT2D eigenvalue weighted by Gasteiger charge is -2.21. The highest BCUT2D eigenvalue weighted by molar-refractivity contribution is 8.00. The first-order valence-corrected chi connectivity index (χ1v) is 11.8. The molecule has 9 heteroatoms. The molecule has 0 aliphatic heterocycles. The van der Waals surface area contributed by atoms with Gasteiger partial charge in [-0.3, -0.25) is 14.4 Å². The van der Waals surface area contributed by atoms with Crippen LogP contribution in [0.15, 0.2) is 47.3 Å². The minimum absolute atomic E-state index is 0.117. The van der Waals surface area contributed by atoms with Crippen LogP contribution in [-0.2, 0) is 16.1 Å². The van der Waals surface area contributed by atoms with Gasteiger partial charge in [-0.1, -0.05) is 30.7 Å².